The molecule has 2 N–H and O–H groups in total. The molecule has 7 nitrogen and oxygen atoms in total. The van der Waals surface area contributed by atoms with Crippen molar-refractivity contribution in [1.29, 1.82) is 0 Å². The number of benzene rings is 4. The van der Waals surface area contributed by atoms with Gasteiger partial charge in [0.15, 0.2) is 0 Å². The standard InChI is InChI=1S/C29H20BrCl2N3O4/c1-17-2-4-18(5-3-17)27(36)34-23-10-6-19(7-11-23)28(37)35-33-16-20-14-21(30)8-13-26(20)39-29(38)24-12-9-22(31)15-25(24)32/h2-16H,1H3,(H,34,36)(H,35,37)/b33-16-. The average molecular weight is 625 g/mol. The molecule has 0 aromatic heterocycles. The highest BCUT2D eigenvalue weighted by molar-refractivity contribution is 9.10. The minimum Gasteiger partial charge on any atom is -0.422 e. The Kier molecular flexibility index (Phi) is 9.14. The molecule has 0 aliphatic rings. The summed E-state index contributed by atoms with van der Waals surface area (Å²) in [6, 6.07) is 23.0. The highest BCUT2D eigenvalue weighted by Crippen LogP contribution is 2.26. The number of hydrazone groups is 1. The molecule has 0 radical (unpaired) electrons. The van der Waals surface area contributed by atoms with Crippen LogP contribution in [0, 0.1) is 6.92 Å². The van der Waals surface area contributed by atoms with Crippen LogP contribution in [0.2, 0.25) is 10.0 Å². The van der Waals surface area contributed by atoms with E-state index in [1.165, 1.54) is 24.4 Å². The van der Waals surface area contributed by atoms with Crippen molar-refractivity contribution in [1.82, 2.24) is 5.43 Å². The number of anilines is 1. The van der Waals surface area contributed by atoms with Gasteiger partial charge in [0.05, 0.1) is 16.8 Å². The van der Waals surface area contributed by atoms with Crippen LogP contribution < -0.4 is 15.5 Å². The van der Waals surface area contributed by atoms with Crippen molar-refractivity contribution in [3.63, 3.8) is 0 Å². The van der Waals surface area contributed by atoms with E-state index in [0.29, 0.717) is 31.9 Å². The number of rotatable bonds is 7. The number of nitrogens with one attached hydrogen (secondary N) is 2. The second-order valence-corrected chi connectivity index (χ2v) is 10.1. The van der Waals surface area contributed by atoms with Crippen LogP contribution in [-0.4, -0.2) is 24.0 Å². The number of ether oxygens (including phenoxy) is 1. The van der Waals surface area contributed by atoms with Gasteiger partial charge in [-0.25, -0.2) is 10.2 Å². The summed E-state index contributed by atoms with van der Waals surface area (Å²) in [6.45, 7) is 1.95. The number of aryl methyl sites for hydroxylation is 1. The first-order valence-corrected chi connectivity index (χ1v) is 13.0. The van der Waals surface area contributed by atoms with Crippen LogP contribution in [0.15, 0.2) is 94.5 Å². The van der Waals surface area contributed by atoms with Crippen LogP contribution in [0.1, 0.15) is 42.2 Å². The molecule has 0 saturated heterocycles. The summed E-state index contributed by atoms with van der Waals surface area (Å²) in [4.78, 5) is 37.6. The Hall–Kier alpha value is -3.98. The summed E-state index contributed by atoms with van der Waals surface area (Å²) < 4.78 is 6.22. The van der Waals surface area contributed by atoms with E-state index < -0.39 is 11.9 Å². The Morgan fingerprint density at radius 1 is 0.846 bits per heavy atom. The van der Waals surface area contributed by atoms with E-state index in [4.69, 9.17) is 27.9 Å². The summed E-state index contributed by atoms with van der Waals surface area (Å²) in [5.41, 5.74) is 5.49. The molecule has 0 atom stereocenters. The summed E-state index contributed by atoms with van der Waals surface area (Å²) >= 11 is 15.4. The number of carbonyl (C=O) groups is 3. The van der Waals surface area contributed by atoms with Gasteiger partial charge in [-0.3, -0.25) is 9.59 Å². The number of hydrogen-bond donors (Lipinski definition) is 2. The smallest absolute Gasteiger partial charge is 0.345 e. The third-order valence-corrected chi connectivity index (χ3v) is 6.46. The summed E-state index contributed by atoms with van der Waals surface area (Å²) in [5.74, 6) is -1.18. The third kappa shape index (κ3) is 7.54. The molecule has 39 heavy (non-hydrogen) atoms. The molecule has 0 unspecified atom stereocenters. The summed E-state index contributed by atoms with van der Waals surface area (Å²) in [5, 5.41) is 7.34. The highest BCUT2D eigenvalue weighted by Gasteiger charge is 2.15. The molecule has 0 aliphatic heterocycles. The Morgan fingerprint density at radius 3 is 2.21 bits per heavy atom. The fraction of sp³-hybridized carbons (Fsp3) is 0.0345. The third-order valence-electron chi connectivity index (χ3n) is 5.41. The van der Waals surface area contributed by atoms with Crippen molar-refractivity contribution in [3.8, 4) is 5.75 Å². The van der Waals surface area contributed by atoms with E-state index in [1.54, 1.807) is 54.6 Å². The minimum atomic E-state index is -0.674. The number of amides is 2. The van der Waals surface area contributed by atoms with Crippen molar-refractivity contribution in [3.05, 3.63) is 127 Å². The lowest BCUT2D eigenvalue weighted by molar-refractivity contribution is 0.0734. The maximum absolute atomic E-state index is 12.6. The van der Waals surface area contributed by atoms with Crippen LogP contribution in [0.3, 0.4) is 0 Å². The number of esters is 1. The first kappa shape index (κ1) is 28.0. The maximum Gasteiger partial charge on any atom is 0.345 e. The molecule has 0 aliphatic carbocycles. The van der Waals surface area contributed by atoms with Gasteiger partial charge in [0.2, 0.25) is 0 Å². The van der Waals surface area contributed by atoms with Gasteiger partial charge in [-0.1, -0.05) is 56.8 Å². The number of halogens is 3. The molecule has 196 valence electrons. The molecule has 4 aromatic rings. The van der Waals surface area contributed by atoms with Crippen LogP contribution in [-0.2, 0) is 0 Å². The zero-order chi connectivity index (χ0) is 27.9. The SMILES string of the molecule is Cc1ccc(C(=O)Nc2ccc(C(=O)N/N=C\c3cc(Br)ccc3OC(=O)c3ccc(Cl)cc3Cl)cc2)cc1. The molecule has 0 saturated carbocycles. The molecular formula is C29H20BrCl2N3O4. The molecule has 4 rings (SSSR count). The van der Waals surface area contributed by atoms with Gasteiger partial charge in [0.25, 0.3) is 11.8 Å². The van der Waals surface area contributed by atoms with Crippen LogP contribution >= 0.6 is 39.1 Å². The monoisotopic (exact) mass is 623 g/mol. The second-order valence-electron chi connectivity index (χ2n) is 8.29. The Morgan fingerprint density at radius 2 is 1.51 bits per heavy atom. The van der Waals surface area contributed by atoms with Gasteiger partial charge in [-0.2, -0.15) is 5.10 Å². The Balaban J connectivity index is 1.39. The first-order chi connectivity index (χ1) is 18.7. The molecule has 4 aromatic carbocycles. The van der Waals surface area contributed by atoms with Gasteiger partial charge < -0.3 is 10.1 Å². The maximum atomic E-state index is 12.6. The Bertz CT molecular complexity index is 1570. The van der Waals surface area contributed by atoms with Gasteiger partial charge >= 0.3 is 5.97 Å². The van der Waals surface area contributed by atoms with E-state index in [0.717, 1.165) is 5.56 Å². The van der Waals surface area contributed by atoms with Gasteiger partial charge in [0.1, 0.15) is 5.75 Å². The van der Waals surface area contributed by atoms with E-state index >= 15 is 0 Å². The van der Waals surface area contributed by atoms with E-state index in [2.05, 4.69) is 31.8 Å². The topological polar surface area (TPSA) is 96.9 Å². The number of carbonyl (C=O) groups excluding carboxylic acids is 3. The van der Waals surface area contributed by atoms with Crippen molar-refractivity contribution < 1.29 is 19.1 Å². The minimum absolute atomic E-state index is 0.152. The largest absolute Gasteiger partial charge is 0.422 e. The number of nitrogens with zero attached hydrogens (tertiary/aromatic N) is 1. The quantitative estimate of drug-likeness (QED) is 0.0976. The lowest BCUT2D eigenvalue weighted by Crippen LogP contribution is -2.18. The lowest BCUT2D eigenvalue weighted by atomic mass is 10.1. The van der Waals surface area contributed by atoms with Crippen molar-refractivity contribution >= 4 is 68.8 Å². The number of hydrogen-bond acceptors (Lipinski definition) is 5. The molecule has 10 heteroatoms. The van der Waals surface area contributed by atoms with Crippen LogP contribution in [0.25, 0.3) is 0 Å². The van der Waals surface area contributed by atoms with E-state index in [1.807, 2.05) is 19.1 Å². The van der Waals surface area contributed by atoms with Crippen molar-refractivity contribution in [2.45, 2.75) is 6.92 Å². The predicted octanol–water partition coefficient (Wildman–Crippen LogP) is 7.30. The fourth-order valence-corrected chi connectivity index (χ4v) is 4.23. The van der Waals surface area contributed by atoms with Gasteiger partial charge in [0, 0.05) is 31.9 Å². The van der Waals surface area contributed by atoms with Gasteiger partial charge in [-0.05, 0) is 79.7 Å². The van der Waals surface area contributed by atoms with Crippen molar-refractivity contribution in [2.75, 3.05) is 5.32 Å². The van der Waals surface area contributed by atoms with E-state index in [9.17, 15) is 14.4 Å². The molecule has 2 amide bonds. The first-order valence-electron chi connectivity index (χ1n) is 11.5. The molecule has 0 bridgehead atoms. The van der Waals surface area contributed by atoms with E-state index in [-0.39, 0.29) is 22.2 Å². The second kappa shape index (κ2) is 12.7. The molecule has 0 heterocycles. The molecule has 0 spiro atoms. The molecule has 0 fully saturated rings. The summed E-state index contributed by atoms with van der Waals surface area (Å²) in [7, 11) is 0. The lowest BCUT2D eigenvalue weighted by Gasteiger charge is -2.09. The van der Waals surface area contributed by atoms with Crippen LogP contribution in [0.5, 0.6) is 5.75 Å². The molecular weight excluding hydrogens is 605 g/mol. The average Bonchev–Trinajstić information content (AvgIpc) is 2.90. The van der Waals surface area contributed by atoms with Crippen molar-refractivity contribution in [2.24, 2.45) is 5.10 Å². The fourth-order valence-electron chi connectivity index (χ4n) is 3.36. The predicted molar refractivity (Wildman–Crippen MR) is 156 cm³/mol. The normalized spacial score (nSPS) is 10.8. The van der Waals surface area contributed by atoms with Crippen LogP contribution in [0.4, 0.5) is 5.69 Å². The zero-order valence-corrected chi connectivity index (χ0v) is 23.5. The van der Waals surface area contributed by atoms with Gasteiger partial charge in [-0.15, -0.1) is 0 Å². The zero-order valence-electron chi connectivity index (χ0n) is 20.4. The highest BCUT2D eigenvalue weighted by atomic mass is 79.9. The Labute approximate surface area is 242 Å². The summed E-state index contributed by atoms with van der Waals surface area (Å²) in [6.07, 6.45) is 1.35.